The van der Waals surface area contributed by atoms with E-state index in [1.165, 1.54) is 23.8 Å². The minimum absolute atomic E-state index is 0.409. The first-order chi connectivity index (χ1) is 20.4. The molecular formula is C36H27F3O3S. The van der Waals surface area contributed by atoms with Crippen LogP contribution in [0.2, 0.25) is 0 Å². The third kappa shape index (κ3) is 5.37. The Morgan fingerprint density at radius 1 is 0.558 bits per heavy atom. The summed E-state index contributed by atoms with van der Waals surface area (Å²) in [4.78, 5) is 0. The van der Waals surface area contributed by atoms with E-state index in [0.717, 1.165) is 54.9 Å². The van der Waals surface area contributed by atoms with Crippen LogP contribution >= 0.6 is 0 Å². The van der Waals surface area contributed by atoms with Gasteiger partial charge in [0.2, 0.25) is 0 Å². The van der Waals surface area contributed by atoms with E-state index in [1.807, 2.05) is 24.3 Å². The van der Waals surface area contributed by atoms with Gasteiger partial charge < -0.3 is 4.18 Å². The average Bonchev–Trinajstić information content (AvgIpc) is 2.96. The van der Waals surface area contributed by atoms with Crippen LogP contribution in [0.5, 0.6) is 5.75 Å². The number of fused-ring (bicyclic) bond motifs is 2. The molecule has 0 spiro atoms. The summed E-state index contributed by atoms with van der Waals surface area (Å²) >= 11 is 0. The molecule has 0 aliphatic heterocycles. The lowest BCUT2D eigenvalue weighted by atomic mass is 9.86. The van der Waals surface area contributed by atoms with Crippen LogP contribution in [0.25, 0.3) is 54.9 Å². The number of hydrogen-bond acceptors (Lipinski definition) is 3. The second kappa shape index (κ2) is 10.6. The van der Waals surface area contributed by atoms with E-state index in [9.17, 15) is 21.6 Å². The predicted octanol–water partition coefficient (Wildman–Crippen LogP) is 10.1. The fraction of sp³-hybridized carbons (Fsp3) is 0.111. The van der Waals surface area contributed by atoms with Gasteiger partial charge in [0, 0.05) is 0 Å². The van der Waals surface area contributed by atoms with Crippen LogP contribution in [-0.4, -0.2) is 13.9 Å². The maximum Gasteiger partial charge on any atom is 0.534 e. The van der Waals surface area contributed by atoms with Crippen molar-refractivity contribution in [2.75, 3.05) is 0 Å². The van der Waals surface area contributed by atoms with Crippen molar-refractivity contribution in [2.24, 2.45) is 0 Å². The lowest BCUT2D eigenvalue weighted by molar-refractivity contribution is -0.0500. The number of hydrogen-bond donors (Lipinski definition) is 0. The van der Waals surface area contributed by atoms with Crippen molar-refractivity contribution in [3.63, 3.8) is 0 Å². The second-order valence-corrected chi connectivity index (χ2v) is 12.3. The van der Waals surface area contributed by atoms with E-state index in [4.69, 9.17) is 0 Å². The zero-order chi connectivity index (χ0) is 30.5. The van der Waals surface area contributed by atoms with Gasteiger partial charge in [0.05, 0.1) is 0 Å². The van der Waals surface area contributed by atoms with E-state index in [2.05, 4.69) is 85.6 Å². The van der Waals surface area contributed by atoms with Gasteiger partial charge in [0.1, 0.15) is 5.75 Å². The zero-order valence-corrected chi connectivity index (χ0v) is 24.5. The molecule has 0 aromatic heterocycles. The van der Waals surface area contributed by atoms with Crippen LogP contribution < -0.4 is 4.18 Å². The van der Waals surface area contributed by atoms with Crippen LogP contribution in [0.3, 0.4) is 0 Å². The number of benzene rings is 6. The summed E-state index contributed by atoms with van der Waals surface area (Å²) in [5.74, 6) is -0.409. The average molecular weight is 597 g/mol. The minimum Gasteiger partial charge on any atom is -0.376 e. The van der Waals surface area contributed by atoms with E-state index in [0.29, 0.717) is 11.1 Å². The molecule has 0 aliphatic rings. The summed E-state index contributed by atoms with van der Waals surface area (Å²) in [6.45, 7) is 6.24. The van der Waals surface area contributed by atoms with Crippen LogP contribution in [0.4, 0.5) is 13.2 Å². The van der Waals surface area contributed by atoms with Crippen molar-refractivity contribution in [2.45, 2.75) is 26.3 Å². The first kappa shape index (κ1) is 28.5. The standard InChI is InChI=1S/C36H27F3O3S/c1-22-6-4-7-27(18-22)29-16-14-25-12-10-23(2)34(32(25)20-29)35-24(3)11-13-26-15-17-30(21-33(26)35)28-8-5-9-31(19-28)42-43(40,41)36(37,38)39/h4-21H,1-3H3. The summed E-state index contributed by atoms with van der Waals surface area (Å²) in [5, 5.41) is 4.21. The molecule has 0 aliphatic carbocycles. The summed E-state index contributed by atoms with van der Waals surface area (Å²) in [6, 6.07) is 34.8. The molecule has 0 unspecified atom stereocenters. The van der Waals surface area contributed by atoms with Crippen LogP contribution in [0.1, 0.15) is 16.7 Å². The molecule has 6 aromatic carbocycles. The zero-order valence-electron chi connectivity index (χ0n) is 23.7. The summed E-state index contributed by atoms with van der Waals surface area (Å²) in [7, 11) is -5.78. The minimum atomic E-state index is -5.78. The Hall–Kier alpha value is -4.62. The second-order valence-electron chi connectivity index (χ2n) is 10.8. The summed E-state index contributed by atoms with van der Waals surface area (Å²) < 4.78 is 66.4. The van der Waals surface area contributed by atoms with Crippen molar-refractivity contribution >= 4 is 31.7 Å². The molecule has 0 saturated carbocycles. The fourth-order valence-electron chi connectivity index (χ4n) is 5.61. The van der Waals surface area contributed by atoms with Gasteiger partial charge in [-0.05, 0) is 111 Å². The van der Waals surface area contributed by atoms with Crippen molar-refractivity contribution < 1.29 is 25.8 Å². The molecule has 7 heteroatoms. The van der Waals surface area contributed by atoms with Gasteiger partial charge in [-0.2, -0.15) is 21.6 Å². The van der Waals surface area contributed by atoms with Crippen molar-refractivity contribution in [1.29, 1.82) is 0 Å². The number of rotatable bonds is 5. The Morgan fingerprint density at radius 2 is 1.02 bits per heavy atom. The Kier molecular flexibility index (Phi) is 7.01. The molecule has 0 heterocycles. The van der Waals surface area contributed by atoms with Gasteiger partial charge in [-0.25, -0.2) is 0 Å². The predicted molar refractivity (Wildman–Crippen MR) is 168 cm³/mol. The maximum absolute atomic E-state index is 12.9. The SMILES string of the molecule is Cc1cccc(-c2ccc3ccc(C)c(-c4c(C)ccc5ccc(-c6cccc(OS(=O)(=O)C(F)(F)F)c6)cc45)c3c2)c1. The van der Waals surface area contributed by atoms with Gasteiger partial charge >= 0.3 is 15.6 Å². The maximum atomic E-state index is 12.9. The first-order valence-corrected chi connectivity index (χ1v) is 15.1. The van der Waals surface area contributed by atoms with Gasteiger partial charge in [-0.15, -0.1) is 0 Å². The topological polar surface area (TPSA) is 43.4 Å². The highest BCUT2D eigenvalue weighted by Gasteiger charge is 2.48. The lowest BCUT2D eigenvalue weighted by Gasteiger charge is -2.18. The number of alkyl halides is 3. The Bertz CT molecular complexity index is 2150. The van der Waals surface area contributed by atoms with E-state index >= 15 is 0 Å². The van der Waals surface area contributed by atoms with Crippen molar-refractivity contribution in [1.82, 2.24) is 0 Å². The number of aryl methyl sites for hydroxylation is 3. The summed E-state index contributed by atoms with van der Waals surface area (Å²) in [5.41, 5.74) is 3.54. The molecule has 0 N–H and O–H groups in total. The molecule has 0 atom stereocenters. The molecule has 43 heavy (non-hydrogen) atoms. The fourth-order valence-corrected chi connectivity index (χ4v) is 6.06. The van der Waals surface area contributed by atoms with Gasteiger partial charge in [-0.3, -0.25) is 0 Å². The quantitative estimate of drug-likeness (QED) is 0.147. The molecule has 0 bridgehead atoms. The van der Waals surface area contributed by atoms with Crippen LogP contribution in [-0.2, 0) is 10.1 Å². The Morgan fingerprint density at radius 3 is 1.53 bits per heavy atom. The molecule has 216 valence electrons. The van der Waals surface area contributed by atoms with Crippen molar-refractivity contribution in [3.8, 4) is 39.1 Å². The lowest BCUT2D eigenvalue weighted by Crippen LogP contribution is -2.28. The molecule has 0 saturated heterocycles. The highest BCUT2D eigenvalue weighted by Crippen LogP contribution is 2.41. The Balaban J connectivity index is 1.53. The number of halogens is 3. The van der Waals surface area contributed by atoms with E-state index in [1.54, 1.807) is 6.07 Å². The molecule has 0 fully saturated rings. The molecule has 3 nitrogen and oxygen atoms in total. The van der Waals surface area contributed by atoms with Gasteiger partial charge in [-0.1, -0.05) is 90.5 Å². The summed E-state index contributed by atoms with van der Waals surface area (Å²) in [6.07, 6.45) is 0. The van der Waals surface area contributed by atoms with Gasteiger partial charge in [0.15, 0.2) is 0 Å². The molecule has 6 aromatic rings. The van der Waals surface area contributed by atoms with Crippen LogP contribution in [0, 0.1) is 20.8 Å². The molecule has 0 radical (unpaired) electrons. The van der Waals surface area contributed by atoms with E-state index in [-0.39, 0.29) is 0 Å². The molecular weight excluding hydrogens is 569 g/mol. The first-order valence-electron chi connectivity index (χ1n) is 13.7. The molecule has 6 rings (SSSR count). The molecule has 0 amide bonds. The highest BCUT2D eigenvalue weighted by molar-refractivity contribution is 7.88. The monoisotopic (exact) mass is 596 g/mol. The van der Waals surface area contributed by atoms with E-state index < -0.39 is 21.4 Å². The normalized spacial score (nSPS) is 12.1. The van der Waals surface area contributed by atoms with Crippen LogP contribution in [0.15, 0.2) is 109 Å². The van der Waals surface area contributed by atoms with Crippen molar-refractivity contribution in [3.05, 3.63) is 126 Å². The van der Waals surface area contributed by atoms with Gasteiger partial charge in [0.25, 0.3) is 0 Å². The Labute approximate surface area is 248 Å². The largest absolute Gasteiger partial charge is 0.534 e. The third-order valence-electron chi connectivity index (χ3n) is 7.72. The smallest absolute Gasteiger partial charge is 0.376 e. The third-order valence-corrected chi connectivity index (χ3v) is 8.70. The highest BCUT2D eigenvalue weighted by atomic mass is 32.2.